The number of aromatic amines is 1. The number of aryl methyl sites for hydroxylation is 3. The van der Waals surface area contributed by atoms with Crippen LogP contribution < -0.4 is 0 Å². The molecule has 6 nitrogen and oxygen atoms in total. The maximum Gasteiger partial charge on any atom is 0.359 e. The van der Waals surface area contributed by atoms with Gasteiger partial charge in [0.15, 0.2) is 12.3 Å². The monoisotopic (exact) mass is 263 g/mol. The third kappa shape index (κ3) is 3.21. The first-order chi connectivity index (χ1) is 9.10. The number of hydrogen-bond acceptors (Lipinski definition) is 5. The molecular weight excluding hydrogens is 246 g/mol. The average Bonchev–Trinajstić information content (AvgIpc) is 2.95. The Morgan fingerprint density at radius 3 is 2.89 bits per heavy atom. The van der Waals surface area contributed by atoms with E-state index in [1.54, 1.807) is 6.07 Å². The Morgan fingerprint density at radius 2 is 2.26 bits per heavy atom. The van der Waals surface area contributed by atoms with Gasteiger partial charge in [0.2, 0.25) is 5.89 Å². The molecule has 2 rings (SSSR count). The van der Waals surface area contributed by atoms with E-state index < -0.39 is 5.97 Å². The van der Waals surface area contributed by atoms with Gasteiger partial charge in [0.1, 0.15) is 5.76 Å². The van der Waals surface area contributed by atoms with Crippen molar-refractivity contribution in [3.8, 4) is 0 Å². The predicted octanol–water partition coefficient (Wildman–Crippen LogP) is 2.32. The van der Waals surface area contributed by atoms with Crippen molar-refractivity contribution in [3.63, 3.8) is 0 Å². The third-order valence-corrected chi connectivity index (χ3v) is 2.76. The van der Waals surface area contributed by atoms with Crippen LogP contribution in [0.1, 0.15) is 46.9 Å². The third-order valence-electron chi connectivity index (χ3n) is 2.76. The molecule has 0 amide bonds. The van der Waals surface area contributed by atoms with Crippen LogP contribution in [0.15, 0.2) is 10.5 Å². The minimum atomic E-state index is -0.480. The number of nitrogens with one attached hydrogen (secondary N) is 1. The summed E-state index contributed by atoms with van der Waals surface area (Å²) in [4.78, 5) is 15.9. The zero-order valence-electron chi connectivity index (χ0n) is 11.3. The molecule has 0 saturated heterocycles. The van der Waals surface area contributed by atoms with Crippen LogP contribution in [0.2, 0.25) is 0 Å². The summed E-state index contributed by atoms with van der Waals surface area (Å²) in [5.74, 6) is 0.649. The van der Waals surface area contributed by atoms with Crippen LogP contribution in [0.3, 0.4) is 0 Å². The van der Waals surface area contributed by atoms with Crippen molar-refractivity contribution in [2.45, 2.75) is 40.2 Å². The van der Waals surface area contributed by atoms with Crippen LogP contribution in [0, 0.1) is 13.8 Å². The second kappa shape index (κ2) is 5.69. The van der Waals surface area contributed by atoms with Gasteiger partial charge in [-0.15, -0.1) is 0 Å². The SMILES string of the molecule is CCCc1cc(C(=O)OCc2nc(C)c(C)o2)n[nH]1. The molecule has 0 atom stereocenters. The molecule has 0 bridgehead atoms. The first kappa shape index (κ1) is 13.3. The van der Waals surface area contributed by atoms with Gasteiger partial charge in [-0.1, -0.05) is 13.3 Å². The summed E-state index contributed by atoms with van der Waals surface area (Å²) in [5.41, 5.74) is 2.01. The Morgan fingerprint density at radius 1 is 1.47 bits per heavy atom. The molecule has 19 heavy (non-hydrogen) atoms. The number of aromatic nitrogens is 3. The van der Waals surface area contributed by atoms with E-state index in [1.165, 1.54) is 0 Å². The van der Waals surface area contributed by atoms with Gasteiger partial charge in [-0.25, -0.2) is 9.78 Å². The van der Waals surface area contributed by atoms with Crippen LogP contribution in [-0.2, 0) is 17.8 Å². The fourth-order valence-corrected chi connectivity index (χ4v) is 1.67. The molecule has 0 spiro atoms. The van der Waals surface area contributed by atoms with E-state index in [0.717, 1.165) is 30.0 Å². The van der Waals surface area contributed by atoms with Crippen LogP contribution in [0.25, 0.3) is 0 Å². The molecular formula is C13H17N3O3. The molecule has 0 aromatic carbocycles. The van der Waals surface area contributed by atoms with Crippen molar-refractivity contribution >= 4 is 5.97 Å². The number of carbonyl (C=O) groups excluding carboxylic acids is 1. The predicted molar refractivity (Wildman–Crippen MR) is 67.7 cm³/mol. The minimum absolute atomic E-state index is 0.0173. The summed E-state index contributed by atoms with van der Waals surface area (Å²) in [6.45, 7) is 5.74. The summed E-state index contributed by atoms with van der Waals surface area (Å²) >= 11 is 0. The van der Waals surface area contributed by atoms with E-state index in [1.807, 2.05) is 13.8 Å². The Kier molecular flexibility index (Phi) is 3.99. The summed E-state index contributed by atoms with van der Waals surface area (Å²) in [6, 6.07) is 1.71. The molecule has 0 unspecified atom stereocenters. The van der Waals surface area contributed by atoms with Crippen molar-refractivity contribution in [3.05, 3.63) is 34.8 Å². The maximum atomic E-state index is 11.8. The molecule has 2 aromatic rings. The fraction of sp³-hybridized carbons (Fsp3) is 0.462. The second-order valence-corrected chi connectivity index (χ2v) is 4.35. The summed E-state index contributed by atoms with van der Waals surface area (Å²) in [7, 11) is 0. The number of hydrogen-bond donors (Lipinski definition) is 1. The molecule has 0 aliphatic rings. The normalized spacial score (nSPS) is 10.7. The largest absolute Gasteiger partial charge is 0.451 e. The van der Waals surface area contributed by atoms with E-state index in [-0.39, 0.29) is 12.3 Å². The van der Waals surface area contributed by atoms with Crippen molar-refractivity contribution < 1.29 is 13.9 Å². The van der Waals surface area contributed by atoms with E-state index in [4.69, 9.17) is 9.15 Å². The first-order valence-electron chi connectivity index (χ1n) is 6.24. The standard InChI is InChI=1S/C13H17N3O3/c1-4-5-10-6-11(16-15-10)13(17)18-7-12-14-8(2)9(3)19-12/h6H,4-5,7H2,1-3H3,(H,15,16). The lowest BCUT2D eigenvalue weighted by Crippen LogP contribution is -2.05. The lowest BCUT2D eigenvalue weighted by Gasteiger charge is -1.98. The van der Waals surface area contributed by atoms with Gasteiger partial charge in [0.05, 0.1) is 5.69 Å². The van der Waals surface area contributed by atoms with Gasteiger partial charge in [0.25, 0.3) is 0 Å². The molecule has 2 aromatic heterocycles. The quantitative estimate of drug-likeness (QED) is 0.837. The van der Waals surface area contributed by atoms with Crippen LogP contribution in [-0.4, -0.2) is 21.2 Å². The highest BCUT2D eigenvalue weighted by Crippen LogP contribution is 2.10. The topological polar surface area (TPSA) is 81.0 Å². The van der Waals surface area contributed by atoms with Gasteiger partial charge < -0.3 is 9.15 Å². The molecule has 102 valence electrons. The fourth-order valence-electron chi connectivity index (χ4n) is 1.67. The van der Waals surface area contributed by atoms with E-state index in [9.17, 15) is 4.79 Å². The van der Waals surface area contributed by atoms with Crippen LogP contribution in [0.5, 0.6) is 0 Å². The number of esters is 1. The average molecular weight is 263 g/mol. The Hall–Kier alpha value is -2.11. The number of rotatable bonds is 5. The first-order valence-corrected chi connectivity index (χ1v) is 6.24. The Bertz CT molecular complexity index is 552. The summed E-state index contributed by atoms with van der Waals surface area (Å²) in [6.07, 6.45) is 1.85. The lowest BCUT2D eigenvalue weighted by atomic mass is 10.2. The van der Waals surface area contributed by atoms with Gasteiger partial charge in [0, 0.05) is 5.69 Å². The van der Waals surface area contributed by atoms with E-state index in [0.29, 0.717) is 5.89 Å². The molecule has 0 radical (unpaired) electrons. The van der Waals surface area contributed by atoms with Crippen molar-refractivity contribution in [1.82, 2.24) is 15.2 Å². The van der Waals surface area contributed by atoms with Gasteiger partial charge in [-0.3, -0.25) is 5.10 Å². The lowest BCUT2D eigenvalue weighted by molar-refractivity contribution is 0.0430. The van der Waals surface area contributed by atoms with E-state index in [2.05, 4.69) is 22.1 Å². The highest BCUT2D eigenvalue weighted by Gasteiger charge is 2.14. The number of oxazole rings is 1. The van der Waals surface area contributed by atoms with Crippen LogP contribution >= 0.6 is 0 Å². The highest BCUT2D eigenvalue weighted by molar-refractivity contribution is 5.87. The molecule has 0 aliphatic carbocycles. The highest BCUT2D eigenvalue weighted by atomic mass is 16.5. The van der Waals surface area contributed by atoms with Crippen molar-refractivity contribution in [2.24, 2.45) is 0 Å². The molecule has 1 N–H and O–H groups in total. The van der Waals surface area contributed by atoms with Crippen molar-refractivity contribution in [1.29, 1.82) is 0 Å². The molecule has 0 fully saturated rings. The van der Waals surface area contributed by atoms with E-state index >= 15 is 0 Å². The Balaban J connectivity index is 1.93. The number of nitrogens with zero attached hydrogens (tertiary/aromatic N) is 2. The van der Waals surface area contributed by atoms with Gasteiger partial charge in [-0.05, 0) is 26.3 Å². The zero-order valence-corrected chi connectivity index (χ0v) is 11.3. The second-order valence-electron chi connectivity index (χ2n) is 4.35. The zero-order chi connectivity index (χ0) is 13.8. The minimum Gasteiger partial charge on any atom is -0.451 e. The summed E-state index contributed by atoms with van der Waals surface area (Å²) < 4.78 is 10.4. The Labute approximate surface area is 111 Å². The van der Waals surface area contributed by atoms with Gasteiger partial charge in [-0.2, -0.15) is 5.10 Å². The molecule has 2 heterocycles. The summed E-state index contributed by atoms with van der Waals surface area (Å²) in [5, 5.41) is 6.73. The number of carbonyl (C=O) groups is 1. The van der Waals surface area contributed by atoms with Gasteiger partial charge >= 0.3 is 5.97 Å². The van der Waals surface area contributed by atoms with Crippen molar-refractivity contribution in [2.75, 3.05) is 0 Å². The number of H-pyrrole nitrogens is 1. The number of ether oxygens (including phenoxy) is 1. The molecule has 0 saturated carbocycles. The molecule has 0 aliphatic heterocycles. The van der Waals surface area contributed by atoms with Crippen LogP contribution in [0.4, 0.5) is 0 Å². The smallest absolute Gasteiger partial charge is 0.359 e. The molecule has 6 heteroatoms. The maximum absolute atomic E-state index is 11.8.